The van der Waals surface area contributed by atoms with E-state index < -0.39 is 0 Å². The van der Waals surface area contributed by atoms with Crippen molar-refractivity contribution >= 4 is 22.6 Å². The van der Waals surface area contributed by atoms with Gasteiger partial charge in [-0.2, -0.15) is 0 Å². The van der Waals surface area contributed by atoms with Crippen LogP contribution in [0, 0.1) is 0 Å². The average Bonchev–Trinajstić information content (AvgIpc) is 2.66. The monoisotopic (exact) mass is 333 g/mol. The molecule has 1 aromatic heterocycles. The van der Waals surface area contributed by atoms with E-state index in [-0.39, 0.29) is 18.2 Å². The summed E-state index contributed by atoms with van der Waals surface area (Å²) in [4.78, 5) is 28.0. The number of benzene rings is 2. The molecule has 0 fully saturated rings. The lowest BCUT2D eigenvalue weighted by Gasteiger charge is -2.07. The van der Waals surface area contributed by atoms with E-state index in [9.17, 15) is 9.59 Å². The third-order valence-electron chi connectivity index (χ3n) is 3.86. The molecular weight excluding hydrogens is 314 g/mol. The predicted molar refractivity (Wildman–Crippen MR) is 97.0 cm³/mol. The number of nitrogens with zero attached hydrogens (tertiary/aromatic N) is 1. The SMILES string of the molecule is O=C(CCNC(=O)c1ccc2ccccc2c1)NCc1cccnc1. The molecule has 2 aromatic carbocycles. The molecule has 0 unspecified atom stereocenters. The summed E-state index contributed by atoms with van der Waals surface area (Å²) in [6.45, 7) is 0.732. The first-order valence-electron chi connectivity index (χ1n) is 8.15. The molecule has 0 aliphatic carbocycles. The van der Waals surface area contributed by atoms with Gasteiger partial charge in [0.25, 0.3) is 5.91 Å². The molecule has 0 radical (unpaired) electrons. The second-order valence-corrected chi connectivity index (χ2v) is 5.71. The third kappa shape index (κ3) is 4.64. The van der Waals surface area contributed by atoms with Gasteiger partial charge in [-0.05, 0) is 34.5 Å². The Hall–Kier alpha value is -3.21. The van der Waals surface area contributed by atoms with Gasteiger partial charge in [0, 0.05) is 37.5 Å². The second kappa shape index (κ2) is 8.06. The molecule has 1 heterocycles. The number of hydrogen-bond donors (Lipinski definition) is 2. The predicted octanol–water partition coefficient (Wildman–Crippen LogP) is 2.67. The Kier molecular flexibility index (Phi) is 5.36. The van der Waals surface area contributed by atoms with Crippen molar-refractivity contribution in [2.24, 2.45) is 0 Å². The summed E-state index contributed by atoms with van der Waals surface area (Å²) < 4.78 is 0. The van der Waals surface area contributed by atoms with Crippen LogP contribution in [-0.2, 0) is 11.3 Å². The topological polar surface area (TPSA) is 71.1 Å². The van der Waals surface area contributed by atoms with Gasteiger partial charge in [0.1, 0.15) is 0 Å². The molecule has 2 amide bonds. The van der Waals surface area contributed by atoms with Crippen molar-refractivity contribution < 1.29 is 9.59 Å². The average molecular weight is 333 g/mol. The van der Waals surface area contributed by atoms with Crippen LogP contribution in [0.3, 0.4) is 0 Å². The summed E-state index contributed by atoms with van der Waals surface area (Å²) in [6, 6.07) is 17.2. The number of aromatic nitrogens is 1. The second-order valence-electron chi connectivity index (χ2n) is 5.71. The molecule has 126 valence electrons. The van der Waals surface area contributed by atoms with Gasteiger partial charge in [0.2, 0.25) is 5.91 Å². The van der Waals surface area contributed by atoms with E-state index in [1.54, 1.807) is 18.5 Å². The van der Waals surface area contributed by atoms with Gasteiger partial charge in [0.05, 0.1) is 0 Å². The maximum atomic E-state index is 12.2. The third-order valence-corrected chi connectivity index (χ3v) is 3.86. The Morgan fingerprint density at radius 1 is 0.920 bits per heavy atom. The minimum Gasteiger partial charge on any atom is -0.352 e. The minimum atomic E-state index is -0.175. The van der Waals surface area contributed by atoms with Crippen LogP contribution in [0.1, 0.15) is 22.3 Å². The summed E-state index contributed by atoms with van der Waals surface area (Å²) in [6.07, 6.45) is 3.63. The van der Waals surface area contributed by atoms with Crippen LogP contribution in [-0.4, -0.2) is 23.3 Å². The summed E-state index contributed by atoms with van der Waals surface area (Å²) >= 11 is 0. The highest BCUT2D eigenvalue weighted by atomic mass is 16.2. The van der Waals surface area contributed by atoms with Crippen LogP contribution >= 0.6 is 0 Å². The van der Waals surface area contributed by atoms with E-state index in [1.165, 1.54) is 0 Å². The van der Waals surface area contributed by atoms with E-state index in [1.807, 2.05) is 48.5 Å². The van der Waals surface area contributed by atoms with Crippen LogP contribution in [0.5, 0.6) is 0 Å². The van der Waals surface area contributed by atoms with Crippen molar-refractivity contribution in [3.63, 3.8) is 0 Å². The smallest absolute Gasteiger partial charge is 0.251 e. The number of hydrogen-bond acceptors (Lipinski definition) is 3. The number of rotatable bonds is 6. The highest BCUT2D eigenvalue weighted by Crippen LogP contribution is 2.15. The van der Waals surface area contributed by atoms with Crippen molar-refractivity contribution in [3.05, 3.63) is 78.1 Å². The molecule has 0 aliphatic rings. The van der Waals surface area contributed by atoms with E-state index in [0.717, 1.165) is 16.3 Å². The molecule has 0 saturated carbocycles. The minimum absolute atomic E-state index is 0.109. The van der Waals surface area contributed by atoms with Gasteiger partial charge < -0.3 is 10.6 Å². The molecule has 5 heteroatoms. The quantitative estimate of drug-likeness (QED) is 0.728. The Morgan fingerprint density at radius 2 is 1.76 bits per heavy atom. The lowest BCUT2D eigenvalue weighted by molar-refractivity contribution is -0.121. The summed E-state index contributed by atoms with van der Waals surface area (Å²) in [5.74, 6) is -0.284. The summed E-state index contributed by atoms with van der Waals surface area (Å²) in [7, 11) is 0. The summed E-state index contributed by atoms with van der Waals surface area (Å²) in [5.41, 5.74) is 1.53. The van der Waals surface area contributed by atoms with Crippen molar-refractivity contribution in [3.8, 4) is 0 Å². The summed E-state index contributed by atoms with van der Waals surface area (Å²) in [5, 5.41) is 7.70. The fourth-order valence-electron chi connectivity index (χ4n) is 2.51. The van der Waals surface area contributed by atoms with Crippen LogP contribution in [0.25, 0.3) is 10.8 Å². The zero-order valence-corrected chi connectivity index (χ0v) is 13.7. The lowest BCUT2D eigenvalue weighted by Crippen LogP contribution is -2.30. The highest BCUT2D eigenvalue weighted by molar-refractivity contribution is 5.98. The van der Waals surface area contributed by atoms with Gasteiger partial charge in [-0.1, -0.05) is 36.4 Å². The van der Waals surface area contributed by atoms with Crippen molar-refractivity contribution in [1.29, 1.82) is 0 Å². The van der Waals surface area contributed by atoms with Crippen LogP contribution in [0.2, 0.25) is 0 Å². The maximum absolute atomic E-state index is 12.2. The largest absolute Gasteiger partial charge is 0.352 e. The molecule has 0 aliphatic heterocycles. The van der Waals surface area contributed by atoms with E-state index in [2.05, 4.69) is 15.6 Å². The Balaban J connectivity index is 1.46. The lowest BCUT2D eigenvalue weighted by atomic mass is 10.1. The molecule has 0 spiro atoms. The maximum Gasteiger partial charge on any atom is 0.251 e. The van der Waals surface area contributed by atoms with Gasteiger partial charge in [0.15, 0.2) is 0 Å². The first-order valence-corrected chi connectivity index (χ1v) is 8.15. The molecule has 25 heavy (non-hydrogen) atoms. The van der Waals surface area contributed by atoms with Crippen LogP contribution < -0.4 is 10.6 Å². The Morgan fingerprint density at radius 3 is 2.56 bits per heavy atom. The van der Waals surface area contributed by atoms with Crippen LogP contribution in [0.4, 0.5) is 0 Å². The fourth-order valence-corrected chi connectivity index (χ4v) is 2.51. The van der Waals surface area contributed by atoms with Crippen molar-refractivity contribution in [2.45, 2.75) is 13.0 Å². The van der Waals surface area contributed by atoms with Crippen LogP contribution in [0.15, 0.2) is 67.0 Å². The number of carbonyl (C=O) groups is 2. The highest BCUT2D eigenvalue weighted by Gasteiger charge is 2.07. The van der Waals surface area contributed by atoms with Gasteiger partial charge in [-0.25, -0.2) is 0 Å². The van der Waals surface area contributed by atoms with Gasteiger partial charge in [-0.15, -0.1) is 0 Å². The standard InChI is InChI=1S/C20H19N3O2/c24-19(23-14-15-4-3-10-21-13-15)9-11-22-20(25)18-8-7-16-5-1-2-6-17(16)12-18/h1-8,10,12-13H,9,11,14H2,(H,22,25)(H,23,24). The molecule has 0 bridgehead atoms. The normalized spacial score (nSPS) is 10.4. The molecule has 5 nitrogen and oxygen atoms in total. The Bertz CT molecular complexity index is 878. The van der Waals surface area contributed by atoms with E-state index in [0.29, 0.717) is 18.7 Å². The Labute approximate surface area is 146 Å². The first-order chi connectivity index (χ1) is 12.2. The van der Waals surface area contributed by atoms with Crippen molar-refractivity contribution in [1.82, 2.24) is 15.6 Å². The van der Waals surface area contributed by atoms with Gasteiger partial charge >= 0.3 is 0 Å². The first kappa shape index (κ1) is 16.6. The number of carbonyl (C=O) groups excluding carboxylic acids is 2. The van der Waals surface area contributed by atoms with Gasteiger partial charge in [-0.3, -0.25) is 14.6 Å². The molecule has 2 N–H and O–H groups in total. The molecule has 3 rings (SSSR count). The number of amides is 2. The number of nitrogens with one attached hydrogen (secondary N) is 2. The zero-order chi connectivity index (χ0) is 17.5. The van der Waals surface area contributed by atoms with E-state index in [4.69, 9.17) is 0 Å². The van der Waals surface area contributed by atoms with Crippen molar-refractivity contribution in [2.75, 3.05) is 6.54 Å². The molecule has 3 aromatic rings. The molecule has 0 atom stereocenters. The fraction of sp³-hybridized carbons (Fsp3) is 0.150. The van der Waals surface area contributed by atoms with E-state index >= 15 is 0 Å². The number of pyridine rings is 1. The molecule has 0 saturated heterocycles. The number of fused-ring (bicyclic) bond motifs is 1. The molecular formula is C20H19N3O2. The zero-order valence-electron chi connectivity index (χ0n) is 13.7.